The van der Waals surface area contributed by atoms with E-state index in [2.05, 4.69) is 10.3 Å². The standard InChI is InChI=1S/C24H28ClN3O4/c1-14(26)12-24(2,3)23(31)27-8-9-32-16-6-4-15(5-7-16)17-10-18-19(22(29)30)13-28-21(18)11-20(17)25/h4-7,10-11,13-14,28H,8-9,12,26H2,1-3H3,(H,27,31)(H,29,30). The molecule has 32 heavy (non-hydrogen) atoms. The van der Waals surface area contributed by atoms with E-state index in [-0.39, 0.29) is 17.5 Å². The van der Waals surface area contributed by atoms with Crippen molar-refractivity contribution >= 4 is 34.4 Å². The van der Waals surface area contributed by atoms with Gasteiger partial charge in [0.05, 0.1) is 17.1 Å². The number of hydrogen-bond donors (Lipinski definition) is 4. The van der Waals surface area contributed by atoms with Crippen LogP contribution in [-0.4, -0.2) is 41.2 Å². The van der Waals surface area contributed by atoms with E-state index >= 15 is 0 Å². The first-order valence-electron chi connectivity index (χ1n) is 10.4. The summed E-state index contributed by atoms with van der Waals surface area (Å²) in [4.78, 5) is 26.7. The number of nitrogens with one attached hydrogen (secondary N) is 2. The fraction of sp³-hybridized carbons (Fsp3) is 0.333. The third-order valence-electron chi connectivity index (χ3n) is 5.27. The van der Waals surface area contributed by atoms with E-state index in [4.69, 9.17) is 22.1 Å². The molecule has 170 valence electrons. The van der Waals surface area contributed by atoms with Gasteiger partial charge in [-0.1, -0.05) is 37.6 Å². The number of aromatic nitrogens is 1. The molecule has 1 amide bonds. The molecule has 7 nitrogen and oxygen atoms in total. The first kappa shape index (κ1) is 23.6. The van der Waals surface area contributed by atoms with Gasteiger partial charge in [0.2, 0.25) is 5.91 Å². The second-order valence-corrected chi connectivity index (χ2v) is 8.99. The highest BCUT2D eigenvalue weighted by Gasteiger charge is 2.28. The van der Waals surface area contributed by atoms with Crippen molar-refractivity contribution in [3.05, 3.63) is 53.2 Å². The van der Waals surface area contributed by atoms with Crippen LogP contribution in [0.4, 0.5) is 0 Å². The topological polar surface area (TPSA) is 117 Å². The van der Waals surface area contributed by atoms with E-state index in [9.17, 15) is 14.7 Å². The Bertz CT molecular complexity index is 1120. The van der Waals surface area contributed by atoms with Crippen LogP contribution in [0.15, 0.2) is 42.6 Å². The summed E-state index contributed by atoms with van der Waals surface area (Å²) in [5.74, 6) is -0.395. The largest absolute Gasteiger partial charge is 0.492 e. The fourth-order valence-corrected chi connectivity index (χ4v) is 4.02. The number of aromatic amines is 1. The average Bonchev–Trinajstić information content (AvgIpc) is 3.13. The molecule has 0 aliphatic heterocycles. The summed E-state index contributed by atoms with van der Waals surface area (Å²) in [5.41, 5.74) is 7.72. The zero-order chi connectivity index (χ0) is 23.5. The molecule has 0 saturated heterocycles. The monoisotopic (exact) mass is 457 g/mol. The predicted octanol–water partition coefficient (Wildman–Crippen LogP) is 4.45. The predicted molar refractivity (Wildman–Crippen MR) is 126 cm³/mol. The number of halogens is 1. The molecule has 0 radical (unpaired) electrons. The number of ether oxygens (including phenoxy) is 1. The summed E-state index contributed by atoms with van der Waals surface area (Å²) in [7, 11) is 0. The average molecular weight is 458 g/mol. The molecule has 0 aliphatic carbocycles. The van der Waals surface area contributed by atoms with E-state index in [1.165, 1.54) is 6.20 Å². The number of hydrogen-bond acceptors (Lipinski definition) is 4. The summed E-state index contributed by atoms with van der Waals surface area (Å²) in [6.45, 7) is 6.35. The number of carbonyl (C=O) groups is 2. The number of nitrogens with two attached hydrogens (primary N) is 1. The quantitative estimate of drug-likeness (QED) is 0.354. The Morgan fingerprint density at radius 3 is 2.56 bits per heavy atom. The molecule has 1 unspecified atom stereocenters. The van der Waals surface area contributed by atoms with Gasteiger partial charge in [-0.05, 0) is 43.2 Å². The van der Waals surface area contributed by atoms with Crippen LogP contribution in [0.5, 0.6) is 5.75 Å². The highest BCUT2D eigenvalue weighted by molar-refractivity contribution is 6.34. The van der Waals surface area contributed by atoms with Gasteiger partial charge in [-0.25, -0.2) is 4.79 Å². The molecule has 0 bridgehead atoms. The van der Waals surface area contributed by atoms with Gasteiger partial charge in [-0.15, -0.1) is 0 Å². The maximum atomic E-state index is 12.3. The lowest BCUT2D eigenvalue weighted by atomic mass is 9.85. The number of rotatable bonds is 9. The van der Waals surface area contributed by atoms with Gasteiger partial charge in [0.25, 0.3) is 0 Å². The van der Waals surface area contributed by atoms with Gasteiger partial charge in [-0.3, -0.25) is 4.79 Å². The van der Waals surface area contributed by atoms with Gasteiger partial charge in [-0.2, -0.15) is 0 Å². The highest BCUT2D eigenvalue weighted by Crippen LogP contribution is 2.34. The van der Waals surface area contributed by atoms with Crippen molar-refractivity contribution in [1.29, 1.82) is 0 Å². The van der Waals surface area contributed by atoms with Crippen LogP contribution in [0.1, 0.15) is 37.6 Å². The third kappa shape index (κ3) is 5.41. The first-order chi connectivity index (χ1) is 15.1. The van der Waals surface area contributed by atoms with Crippen molar-refractivity contribution in [2.75, 3.05) is 13.2 Å². The van der Waals surface area contributed by atoms with Crippen molar-refractivity contribution < 1.29 is 19.4 Å². The van der Waals surface area contributed by atoms with Crippen LogP contribution in [-0.2, 0) is 4.79 Å². The number of aromatic carboxylic acids is 1. The summed E-state index contributed by atoms with van der Waals surface area (Å²) >= 11 is 6.42. The van der Waals surface area contributed by atoms with Gasteiger partial charge < -0.3 is 25.9 Å². The minimum Gasteiger partial charge on any atom is -0.492 e. The zero-order valence-corrected chi connectivity index (χ0v) is 19.1. The number of H-pyrrole nitrogens is 1. The van der Waals surface area contributed by atoms with Gasteiger partial charge in [0, 0.05) is 34.1 Å². The van der Waals surface area contributed by atoms with E-state index < -0.39 is 11.4 Å². The Morgan fingerprint density at radius 1 is 1.25 bits per heavy atom. The molecular formula is C24H28ClN3O4. The number of benzene rings is 2. The number of carboxylic acids is 1. The van der Waals surface area contributed by atoms with Crippen LogP contribution >= 0.6 is 11.6 Å². The highest BCUT2D eigenvalue weighted by atomic mass is 35.5. The fourth-order valence-electron chi connectivity index (χ4n) is 3.74. The van der Waals surface area contributed by atoms with Gasteiger partial charge in [0.15, 0.2) is 0 Å². The van der Waals surface area contributed by atoms with Crippen molar-refractivity contribution in [3.8, 4) is 16.9 Å². The molecule has 8 heteroatoms. The smallest absolute Gasteiger partial charge is 0.337 e. The number of amides is 1. The summed E-state index contributed by atoms with van der Waals surface area (Å²) in [6, 6.07) is 10.8. The summed E-state index contributed by atoms with van der Waals surface area (Å²) < 4.78 is 5.72. The second-order valence-electron chi connectivity index (χ2n) is 8.58. The minimum absolute atomic E-state index is 0.0484. The molecule has 2 aromatic carbocycles. The van der Waals surface area contributed by atoms with Crippen LogP contribution < -0.4 is 15.8 Å². The summed E-state index contributed by atoms with van der Waals surface area (Å²) in [6.07, 6.45) is 2.06. The molecular weight excluding hydrogens is 430 g/mol. The van der Waals surface area contributed by atoms with Gasteiger partial charge in [0.1, 0.15) is 12.4 Å². The Labute approximate surface area is 191 Å². The van der Waals surface area contributed by atoms with Crippen molar-refractivity contribution in [2.24, 2.45) is 11.1 Å². The first-order valence-corrected chi connectivity index (χ1v) is 10.8. The van der Waals surface area contributed by atoms with Gasteiger partial charge >= 0.3 is 5.97 Å². The van der Waals surface area contributed by atoms with E-state index in [1.54, 1.807) is 12.1 Å². The lowest BCUT2D eigenvalue weighted by Gasteiger charge is -2.25. The molecule has 1 aromatic heterocycles. The molecule has 3 aromatic rings. The Hall–Kier alpha value is -3.03. The maximum absolute atomic E-state index is 12.3. The molecule has 1 atom stereocenters. The van der Waals surface area contributed by atoms with E-state index in [0.717, 1.165) is 11.1 Å². The molecule has 1 heterocycles. The van der Waals surface area contributed by atoms with Crippen LogP contribution in [0.3, 0.4) is 0 Å². The third-order valence-corrected chi connectivity index (χ3v) is 5.58. The molecule has 0 aliphatic rings. The number of fused-ring (bicyclic) bond motifs is 1. The second kappa shape index (κ2) is 9.63. The number of carbonyl (C=O) groups excluding carboxylic acids is 1. The van der Waals surface area contributed by atoms with E-state index in [1.807, 2.05) is 45.0 Å². The molecule has 0 fully saturated rings. The lowest BCUT2D eigenvalue weighted by Crippen LogP contribution is -2.41. The molecule has 0 saturated carbocycles. The maximum Gasteiger partial charge on any atom is 0.337 e. The van der Waals surface area contributed by atoms with Crippen molar-refractivity contribution in [2.45, 2.75) is 33.2 Å². The summed E-state index contributed by atoms with van der Waals surface area (Å²) in [5, 5.41) is 13.4. The Morgan fingerprint density at radius 2 is 1.94 bits per heavy atom. The Kier molecular flexibility index (Phi) is 7.11. The van der Waals surface area contributed by atoms with Crippen LogP contribution in [0.25, 0.3) is 22.0 Å². The normalized spacial score (nSPS) is 12.5. The zero-order valence-electron chi connectivity index (χ0n) is 18.4. The molecule has 5 N–H and O–H groups in total. The Balaban J connectivity index is 1.62. The van der Waals surface area contributed by atoms with E-state index in [0.29, 0.717) is 41.2 Å². The van der Waals surface area contributed by atoms with Crippen LogP contribution in [0, 0.1) is 5.41 Å². The number of carboxylic acid groups (broad SMARTS) is 1. The van der Waals surface area contributed by atoms with Crippen molar-refractivity contribution in [1.82, 2.24) is 10.3 Å². The molecule has 3 rings (SSSR count). The minimum atomic E-state index is -0.999. The van der Waals surface area contributed by atoms with Crippen molar-refractivity contribution in [3.63, 3.8) is 0 Å². The SMILES string of the molecule is CC(N)CC(C)(C)C(=O)NCCOc1ccc(-c2cc3c(C(=O)O)c[nH]c3cc2Cl)cc1. The molecule has 0 spiro atoms. The van der Waals surface area contributed by atoms with Crippen LogP contribution in [0.2, 0.25) is 5.02 Å². The lowest BCUT2D eigenvalue weighted by molar-refractivity contribution is -0.129.